The summed E-state index contributed by atoms with van der Waals surface area (Å²) in [5.41, 5.74) is 2.61. The first-order valence-corrected chi connectivity index (χ1v) is 6.57. The van der Waals surface area contributed by atoms with E-state index in [1.165, 1.54) is 0 Å². The van der Waals surface area contributed by atoms with Crippen molar-refractivity contribution in [3.8, 4) is 11.8 Å². The van der Waals surface area contributed by atoms with Crippen molar-refractivity contribution in [2.24, 2.45) is 0 Å². The van der Waals surface area contributed by atoms with Gasteiger partial charge in [-0.05, 0) is 29.8 Å². The molecule has 4 heteroatoms. The quantitative estimate of drug-likeness (QED) is 0.772. The van der Waals surface area contributed by atoms with E-state index in [-0.39, 0.29) is 6.10 Å². The second-order valence-corrected chi connectivity index (χ2v) is 5.27. The highest BCUT2D eigenvalue weighted by atomic mass is 35.5. The van der Waals surface area contributed by atoms with Gasteiger partial charge in [0.15, 0.2) is 0 Å². The first-order chi connectivity index (χ1) is 9.17. The highest BCUT2D eigenvalue weighted by molar-refractivity contribution is 6.35. The molecule has 0 amide bonds. The van der Waals surface area contributed by atoms with Crippen LogP contribution in [0, 0.1) is 11.3 Å². The lowest BCUT2D eigenvalue weighted by atomic mass is 10.0. The van der Waals surface area contributed by atoms with Gasteiger partial charge in [-0.2, -0.15) is 5.26 Å². The monoisotopic (exact) mass is 289 g/mol. The maximum atomic E-state index is 8.93. The number of hydrogen-bond acceptors (Lipinski definition) is 2. The van der Waals surface area contributed by atoms with Crippen molar-refractivity contribution in [3.05, 3.63) is 63.1 Å². The second-order valence-electron chi connectivity index (χ2n) is 4.42. The van der Waals surface area contributed by atoms with Crippen LogP contribution in [0.5, 0.6) is 5.75 Å². The number of halogens is 2. The van der Waals surface area contributed by atoms with E-state index >= 15 is 0 Å². The predicted molar refractivity (Wildman–Crippen MR) is 74.7 cm³/mol. The van der Waals surface area contributed by atoms with Crippen LogP contribution in [0.4, 0.5) is 0 Å². The molecular weight excluding hydrogens is 281 g/mol. The summed E-state index contributed by atoms with van der Waals surface area (Å²) >= 11 is 12.1. The SMILES string of the molecule is N#Cc1cccc(C2Cc3cc(Cl)cc(Cl)c3O2)c1. The number of rotatable bonds is 1. The summed E-state index contributed by atoms with van der Waals surface area (Å²) < 4.78 is 5.88. The van der Waals surface area contributed by atoms with Crippen molar-refractivity contribution < 1.29 is 4.74 Å². The fraction of sp³-hybridized carbons (Fsp3) is 0.133. The van der Waals surface area contributed by atoms with Gasteiger partial charge in [-0.15, -0.1) is 0 Å². The standard InChI is InChI=1S/C15H9Cl2NO/c16-12-5-11-6-14(19-15(11)13(17)7-12)10-3-1-2-9(4-10)8-18/h1-5,7,14H,6H2. The summed E-state index contributed by atoms with van der Waals surface area (Å²) in [6.07, 6.45) is 0.601. The Bertz CT molecular complexity index is 691. The summed E-state index contributed by atoms with van der Waals surface area (Å²) in [4.78, 5) is 0. The number of fused-ring (bicyclic) bond motifs is 1. The first kappa shape index (κ1) is 12.3. The van der Waals surface area contributed by atoms with Crippen molar-refractivity contribution in [1.29, 1.82) is 5.26 Å². The summed E-state index contributed by atoms with van der Waals surface area (Å²) in [6, 6.07) is 13.1. The Morgan fingerprint density at radius 1 is 1.21 bits per heavy atom. The van der Waals surface area contributed by atoms with Crippen LogP contribution in [0.15, 0.2) is 36.4 Å². The van der Waals surface area contributed by atoms with Crippen LogP contribution in [0.2, 0.25) is 10.0 Å². The van der Waals surface area contributed by atoms with Crippen molar-refractivity contribution in [2.45, 2.75) is 12.5 Å². The molecule has 0 radical (unpaired) electrons. The number of hydrogen-bond donors (Lipinski definition) is 0. The van der Waals surface area contributed by atoms with E-state index in [0.717, 1.165) is 11.1 Å². The number of ether oxygens (including phenoxy) is 1. The molecule has 3 rings (SSSR count). The van der Waals surface area contributed by atoms with Gasteiger partial charge < -0.3 is 4.74 Å². The molecule has 0 aliphatic carbocycles. The van der Waals surface area contributed by atoms with Crippen LogP contribution in [0.3, 0.4) is 0 Å². The molecule has 2 aromatic carbocycles. The molecule has 0 saturated carbocycles. The second kappa shape index (κ2) is 4.77. The van der Waals surface area contributed by atoms with Gasteiger partial charge in [-0.1, -0.05) is 35.3 Å². The average molecular weight is 290 g/mol. The largest absolute Gasteiger partial charge is 0.484 e. The molecule has 94 valence electrons. The third kappa shape index (κ3) is 2.28. The van der Waals surface area contributed by atoms with Gasteiger partial charge in [-0.3, -0.25) is 0 Å². The van der Waals surface area contributed by atoms with Crippen molar-refractivity contribution in [1.82, 2.24) is 0 Å². The molecular formula is C15H9Cl2NO. The zero-order chi connectivity index (χ0) is 13.4. The van der Waals surface area contributed by atoms with Gasteiger partial charge in [0.2, 0.25) is 0 Å². The normalized spacial score (nSPS) is 16.6. The Kier molecular flexibility index (Phi) is 3.10. The van der Waals surface area contributed by atoms with Crippen molar-refractivity contribution in [3.63, 3.8) is 0 Å². The van der Waals surface area contributed by atoms with Crippen LogP contribution >= 0.6 is 23.2 Å². The smallest absolute Gasteiger partial charge is 0.142 e. The lowest BCUT2D eigenvalue weighted by Gasteiger charge is -2.11. The Morgan fingerprint density at radius 3 is 2.84 bits per heavy atom. The molecule has 0 N–H and O–H groups in total. The number of nitrogens with zero attached hydrogens (tertiary/aromatic N) is 1. The van der Waals surface area contributed by atoms with Crippen LogP contribution in [-0.4, -0.2) is 0 Å². The fourth-order valence-corrected chi connectivity index (χ4v) is 2.86. The lowest BCUT2D eigenvalue weighted by Crippen LogP contribution is -2.03. The van der Waals surface area contributed by atoms with E-state index in [2.05, 4.69) is 6.07 Å². The molecule has 0 spiro atoms. The number of nitriles is 1. The summed E-state index contributed by atoms with van der Waals surface area (Å²) in [7, 11) is 0. The first-order valence-electron chi connectivity index (χ1n) is 5.82. The van der Waals surface area contributed by atoms with Crippen LogP contribution in [0.1, 0.15) is 22.8 Å². The Hall–Kier alpha value is -1.69. The van der Waals surface area contributed by atoms with Gasteiger partial charge in [0.1, 0.15) is 11.9 Å². The molecule has 0 saturated heterocycles. The Balaban J connectivity index is 1.95. The minimum atomic E-state index is -0.112. The third-order valence-corrected chi connectivity index (χ3v) is 3.64. The molecule has 0 fully saturated rings. The van der Waals surface area contributed by atoms with Gasteiger partial charge in [-0.25, -0.2) is 0 Å². The van der Waals surface area contributed by atoms with Gasteiger partial charge in [0.25, 0.3) is 0 Å². The van der Waals surface area contributed by atoms with Crippen LogP contribution in [0.25, 0.3) is 0 Å². The molecule has 1 aliphatic heterocycles. The van der Waals surface area contributed by atoms with Crippen molar-refractivity contribution >= 4 is 23.2 Å². The number of benzene rings is 2. The van der Waals surface area contributed by atoms with Crippen LogP contribution in [-0.2, 0) is 6.42 Å². The predicted octanol–water partition coefficient (Wildman–Crippen LogP) is 4.54. The topological polar surface area (TPSA) is 33.0 Å². The minimum Gasteiger partial charge on any atom is -0.484 e. The maximum absolute atomic E-state index is 8.93. The zero-order valence-electron chi connectivity index (χ0n) is 9.86. The van der Waals surface area contributed by atoms with E-state index in [1.807, 2.05) is 24.3 Å². The molecule has 1 unspecified atom stereocenters. The lowest BCUT2D eigenvalue weighted by molar-refractivity contribution is 0.239. The molecule has 2 nitrogen and oxygen atoms in total. The highest BCUT2D eigenvalue weighted by Crippen LogP contribution is 2.43. The molecule has 1 atom stereocenters. The van der Waals surface area contributed by atoms with E-state index in [1.54, 1.807) is 12.1 Å². The fourth-order valence-electron chi connectivity index (χ4n) is 2.28. The third-order valence-electron chi connectivity index (χ3n) is 3.14. The van der Waals surface area contributed by atoms with E-state index in [0.29, 0.717) is 27.8 Å². The van der Waals surface area contributed by atoms with E-state index < -0.39 is 0 Å². The average Bonchev–Trinajstić information content (AvgIpc) is 2.83. The van der Waals surface area contributed by atoms with E-state index in [4.69, 9.17) is 33.2 Å². The molecule has 19 heavy (non-hydrogen) atoms. The molecule has 0 aromatic heterocycles. The van der Waals surface area contributed by atoms with E-state index in [9.17, 15) is 0 Å². The Labute approximate surface area is 121 Å². The van der Waals surface area contributed by atoms with Gasteiger partial charge in [0.05, 0.1) is 16.7 Å². The summed E-state index contributed by atoms with van der Waals surface area (Å²) in [6.45, 7) is 0. The zero-order valence-corrected chi connectivity index (χ0v) is 11.4. The molecule has 0 bridgehead atoms. The molecule has 1 aliphatic rings. The summed E-state index contributed by atoms with van der Waals surface area (Å²) in [5, 5.41) is 10.1. The van der Waals surface area contributed by atoms with Crippen LogP contribution < -0.4 is 4.74 Å². The van der Waals surface area contributed by atoms with Gasteiger partial charge in [0, 0.05) is 17.0 Å². The maximum Gasteiger partial charge on any atom is 0.142 e. The highest BCUT2D eigenvalue weighted by Gasteiger charge is 2.27. The van der Waals surface area contributed by atoms with Crippen molar-refractivity contribution in [2.75, 3.05) is 0 Å². The Morgan fingerprint density at radius 2 is 2.05 bits per heavy atom. The minimum absolute atomic E-state index is 0.112. The summed E-state index contributed by atoms with van der Waals surface area (Å²) in [5.74, 6) is 0.693. The molecule has 2 aromatic rings. The van der Waals surface area contributed by atoms with Gasteiger partial charge >= 0.3 is 0 Å². The molecule has 1 heterocycles.